The number of hydrogen-bond donors (Lipinski definition) is 1. The van der Waals surface area contributed by atoms with Gasteiger partial charge in [0.1, 0.15) is 11.6 Å². The van der Waals surface area contributed by atoms with Crippen molar-refractivity contribution in [3.05, 3.63) is 64.0 Å². The number of rotatable bonds is 4. The van der Waals surface area contributed by atoms with E-state index in [9.17, 15) is 4.79 Å². The lowest BCUT2D eigenvalue weighted by Gasteiger charge is -2.22. The minimum atomic E-state index is -0.236. The van der Waals surface area contributed by atoms with Crippen LogP contribution in [0, 0.1) is 6.92 Å². The van der Waals surface area contributed by atoms with Gasteiger partial charge >= 0.3 is 0 Å². The molecule has 1 aromatic carbocycles. The molecule has 27 heavy (non-hydrogen) atoms. The summed E-state index contributed by atoms with van der Waals surface area (Å²) in [5.74, 6) is 2.28. The van der Waals surface area contributed by atoms with Crippen LogP contribution in [0.2, 0.25) is 0 Å². The highest BCUT2D eigenvalue weighted by atomic mass is 16.5. The molecule has 1 atom stereocenters. The normalized spacial score (nSPS) is 18.3. The molecule has 0 amide bonds. The third-order valence-electron chi connectivity index (χ3n) is 5.25. The average molecular weight is 364 g/mol. The fourth-order valence-electron chi connectivity index (χ4n) is 3.81. The zero-order valence-corrected chi connectivity index (χ0v) is 15.9. The maximum absolute atomic E-state index is 12.2. The molecule has 1 N–H and O–H groups in total. The van der Waals surface area contributed by atoms with Crippen LogP contribution in [-0.4, -0.2) is 30.3 Å². The molecule has 2 heterocycles. The molecule has 1 aromatic heterocycles. The van der Waals surface area contributed by atoms with E-state index in [1.165, 1.54) is 5.57 Å². The lowest BCUT2D eigenvalue weighted by atomic mass is 9.98. The molecule has 0 fully saturated rings. The van der Waals surface area contributed by atoms with Gasteiger partial charge < -0.3 is 15.0 Å². The van der Waals surface area contributed by atoms with Crippen molar-refractivity contribution in [3.8, 4) is 5.75 Å². The molecule has 0 spiro atoms. The molecular weight excluding hydrogens is 340 g/mol. The molecule has 140 valence electrons. The van der Waals surface area contributed by atoms with E-state index in [0.29, 0.717) is 5.95 Å². The van der Waals surface area contributed by atoms with Crippen molar-refractivity contribution in [2.45, 2.75) is 25.8 Å². The van der Waals surface area contributed by atoms with Crippen LogP contribution in [0.4, 0.5) is 17.5 Å². The first kappa shape index (κ1) is 17.4. The van der Waals surface area contributed by atoms with Crippen LogP contribution in [-0.2, 0) is 0 Å². The van der Waals surface area contributed by atoms with Crippen LogP contribution in [0.25, 0.3) is 0 Å². The minimum absolute atomic E-state index is 0.170. The Morgan fingerprint density at radius 2 is 2.15 bits per heavy atom. The largest absolute Gasteiger partial charge is 0.497 e. The molecule has 0 saturated carbocycles. The molecule has 2 aliphatic rings. The summed E-state index contributed by atoms with van der Waals surface area (Å²) in [6.07, 6.45) is 8.58. The standard InChI is InChI=1S/C21H24N4O2/c1-14-11-16(27-3)9-10-17(14)22-21-23-19(26)12-20-24(2)13-18(25(20)21)15-7-5-4-6-8-15/h4-5,7,9-12,18H,6,8,13H2,1-3H3,(H,22,23,26). The molecule has 6 heteroatoms. The summed E-state index contributed by atoms with van der Waals surface area (Å²) in [6.45, 7) is 2.84. The van der Waals surface area contributed by atoms with Crippen LogP contribution in [0.15, 0.2) is 52.9 Å². The highest BCUT2D eigenvalue weighted by Crippen LogP contribution is 2.38. The van der Waals surface area contributed by atoms with Gasteiger partial charge in [-0.1, -0.05) is 18.2 Å². The third kappa shape index (κ3) is 3.23. The van der Waals surface area contributed by atoms with Gasteiger partial charge in [0.15, 0.2) is 0 Å². The quantitative estimate of drug-likeness (QED) is 0.899. The van der Waals surface area contributed by atoms with Crippen molar-refractivity contribution in [3.63, 3.8) is 0 Å². The second-order valence-electron chi connectivity index (χ2n) is 7.06. The number of nitrogens with zero attached hydrogens (tertiary/aromatic N) is 3. The molecule has 6 nitrogen and oxygen atoms in total. The maximum atomic E-state index is 12.2. The number of ether oxygens (including phenoxy) is 1. The van der Waals surface area contributed by atoms with Gasteiger partial charge in [-0.3, -0.25) is 9.36 Å². The van der Waals surface area contributed by atoms with E-state index in [2.05, 4.69) is 38.0 Å². The average Bonchev–Trinajstić information content (AvgIpc) is 3.01. The Bertz CT molecular complexity index is 990. The summed E-state index contributed by atoms with van der Waals surface area (Å²) < 4.78 is 7.43. The number of nitrogens with one attached hydrogen (secondary N) is 1. The summed E-state index contributed by atoms with van der Waals surface area (Å²) in [6, 6.07) is 7.61. The van der Waals surface area contributed by atoms with Crippen LogP contribution in [0.1, 0.15) is 24.4 Å². The number of hydrogen-bond acceptors (Lipinski definition) is 5. The number of fused-ring (bicyclic) bond motifs is 1. The predicted molar refractivity (Wildman–Crippen MR) is 108 cm³/mol. The molecule has 1 unspecified atom stereocenters. The number of methoxy groups -OCH3 is 1. The van der Waals surface area contributed by atoms with Gasteiger partial charge in [-0.25, -0.2) is 0 Å². The summed E-state index contributed by atoms with van der Waals surface area (Å²) in [7, 11) is 3.67. The summed E-state index contributed by atoms with van der Waals surface area (Å²) in [5, 5.41) is 3.38. The van der Waals surface area contributed by atoms with E-state index in [0.717, 1.165) is 42.2 Å². The third-order valence-corrected chi connectivity index (χ3v) is 5.25. The first-order chi connectivity index (χ1) is 13.1. The fourth-order valence-corrected chi connectivity index (χ4v) is 3.81. The first-order valence-corrected chi connectivity index (χ1v) is 9.19. The molecular formula is C21H24N4O2. The van der Waals surface area contributed by atoms with Gasteiger partial charge in [-0.2, -0.15) is 4.98 Å². The molecule has 0 saturated heterocycles. The Morgan fingerprint density at radius 1 is 1.30 bits per heavy atom. The second-order valence-corrected chi connectivity index (χ2v) is 7.06. The molecule has 1 aliphatic carbocycles. The molecule has 4 rings (SSSR count). The lowest BCUT2D eigenvalue weighted by Crippen LogP contribution is -2.19. The van der Waals surface area contributed by atoms with Gasteiger partial charge in [0, 0.05) is 25.3 Å². The van der Waals surface area contributed by atoms with Gasteiger partial charge in [0.05, 0.1) is 13.2 Å². The van der Waals surface area contributed by atoms with E-state index >= 15 is 0 Å². The highest BCUT2D eigenvalue weighted by Gasteiger charge is 2.31. The van der Waals surface area contributed by atoms with Crippen LogP contribution in [0.3, 0.4) is 0 Å². The highest BCUT2D eigenvalue weighted by molar-refractivity contribution is 5.63. The smallest absolute Gasteiger partial charge is 0.276 e. The van der Waals surface area contributed by atoms with Crippen molar-refractivity contribution >= 4 is 17.5 Å². The van der Waals surface area contributed by atoms with Crippen molar-refractivity contribution in [1.29, 1.82) is 0 Å². The van der Waals surface area contributed by atoms with E-state index < -0.39 is 0 Å². The molecule has 0 radical (unpaired) electrons. The molecule has 1 aliphatic heterocycles. The SMILES string of the molecule is COc1ccc(Nc2nc(=O)cc3n2C(C2=CC=CCC2)CN3C)c(C)c1. The van der Waals surface area contributed by atoms with Gasteiger partial charge in [0.2, 0.25) is 5.95 Å². The predicted octanol–water partition coefficient (Wildman–Crippen LogP) is 3.57. The minimum Gasteiger partial charge on any atom is -0.497 e. The van der Waals surface area contributed by atoms with Gasteiger partial charge in [-0.05, 0) is 49.1 Å². The van der Waals surface area contributed by atoms with Crippen LogP contribution in [0.5, 0.6) is 5.75 Å². The summed E-state index contributed by atoms with van der Waals surface area (Å²) in [4.78, 5) is 18.6. The van der Waals surface area contributed by atoms with E-state index in [1.807, 2.05) is 32.2 Å². The van der Waals surface area contributed by atoms with Gasteiger partial charge in [-0.15, -0.1) is 0 Å². The first-order valence-electron chi connectivity index (χ1n) is 9.19. The Balaban J connectivity index is 1.78. The fraction of sp³-hybridized carbons (Fsp3) is 0.333. The van der Waals surface area contributed by atoms with Gasteiger partial charge in [0.25, 0.3) is 5.56 Å². The number of aromatic nitrogens is 2. The molecule has 0 bridgehead atoms. The Morgan fingerprint density at radius 3 is 2.85 bits per heavy atom. The summed E-state index contributed by atoms with van der Waals surface area (Å²) >= 11 is 0. The number of allylic oxidation sites excluding steroid dienone is 3. The topological polar surface area (TPSA) is 59.4 Å². The Kier molecular flexibility index (Phi) is 4.48. The number of aryl methyl sites for hydroxylation is 1. The Hall–Kier alpha value is -3.02. The van der Waals surface area contributed by atoms with Crippen LogP contribution >= 0.6 is 0 Å². The van der Waals surface area contributed by atoms with Crippen LogP contribution < -0.4 is 20.5 Å². The zero-order chi connectivity index (χ0) is 19.0. The number of likely N-dealkylation sites (N-methyl/N-ethyl adjacent to an activating group) is 1. The summed E-state index contributed by atoms with van der Waals surface area (Å²) in [5.41, 5.74) is 3.07. The van der Waals surface area contributed by atoms with Crippen molar-refractivity contribution in [1.82, 2.24) is 9.55 Å². The maximum Gasteiger partial charge on any atom is 0.276 e. The van der Waals surface area contributed by atoms with E-state index in [-0.39, 0.29) is 11.6 Å². The van der Waals surface area contributed by atoms with Crippen molar-refractivity contribution < 1.29 is 4.74 Å². The van der Waals surface area contributed by atoms with E-state index in [1.54, 1.807) is 13.2 Å². The second kappa shape index (κ2) is 6.95. The molecule has 2 aromatic rings. The zero-order valence-electron chi connectivity index (χ0n) is 15.9. The van der Waals surface area contributed by atoms with Crippen molar-refractivity contribution in [2.24, 2.45) is 0 Å². The monoisotopic (exact) mass is 364 g/mol. The number of benzene rings is 1. The van der Waals surface area contributed by atoms with E-state index in [4.69, 9.17) is 4.74 Å². The Labute approximate surface area is 158 Å². The number of anilines is 3. The lowest BCUT2D eigenvalue weighted by molar-refractivity contribution is 0.414. The van der Waals surface area contributed by atoms with Crippen molar-refractivity contribution in [2.75, 3.05) is 30.9 Å².